The molecular formula is C26H23BrClFN8O2. The van der Waals surface area contributed by atoms with Crippen LogP contribution in [0.4, 0.5) is 4.39 Å². The fourth-order valence-electron chi connectivity index (χ4n) is 4.74. The van der Waals surface area contributed by atoms with Gasteiger partial charge in [-0.15, -0.1) is 5.10 Å². The van der Waals surface area contributed by atoms with E-state index in [1.165, 1.54) is 12.1 Å². The Balaban J connectivity index is 1.21. The number of benzene rings is 1. The van der Waals surface area contributed by atoms with Crippen LogP contribution in [0.3, 0.4) is 0 Å². The van der Waals surface area contributed by atoms with E-state index in [1.807, 2.05) is 24.7 Å². The van der Waals surface area contributed by atoms with E-state index in [0.717, 1.165) is 26.9 Å². The van der Waals surface area contributed by atoms with Gasteiger partial charge >= 0.3 is 0 Å². The summed E-state index contributed by atoms with van der Waals surface area (Å²) in [4.78, 5) is 15.2. The van der Waals surface area contributed by atoms with Crippen LogP contribution in [0.25, 0.3) is 11.3 Å². The Hall–Kier alpha value is -3.77. The summed E-state index contributed by atoms with van der Waals surface area (Å²) in [5.74, 6) is 0.388. The zero-order valence-corrected chi connectivity index (χ0v) is 23.4. The van der Waals surface area contributed by atoms with Gasteiger partial charge in [0.1, 0.15) is 17.3 Å². The Morgan fingerprint density at radius 3 is 2.82 bits per heavy atom. The zero-order valence-electron chi connectivity index (χ0n) is 21.1. The summed E-state index contributed by atoms with van der Waals surface area (Å²) in [6.07, 6.45) is 7.13. The molecule has 0 radical (unpaired) electrons. The van der Waals surface area contributed by atoms with Crippen molar-refractivity contribution in [3.63, 3.8) is 0 Å². The number of rotatable bonds is 6. The van der Waals surface area contributed by atoms with Gasteiger partial charge in [-0.25, -0.2) is 9.07 Å². The molecule has 0 bridgehead atoms. The first-order valence-corrected chi connectivity index (χ1v) is 13.4. The lowest BCUT2D eigenvalue weighted by atomic mass is 10.1. The lowest BCUT2D eigenvalue weighted by molar-refractivity contribution is 0.0673. The van der Waals surface area contributed by atoms with Crippen molar-refractivity contribution < 1.29 is 13.6 Å². The fraction of sp³-hybridized carbons (Fsp3) is 0.269. The van der Waals surface area contributed by atoms with E-state index in [0.29, 0.717) is 48.4 Å². The van der Waals surface area contributed by atoms with Gasteiger partial charge in [-0.2, -0.15) is 10.2 Å². The Bertz CT molecular complexity index is 1690. The molecule has 0 spiro atoms. The van der Waals surface area contributed by atoms with Crippen molar-refractivity contribution in [2.45, 2.75) is 39.5 Å². The van der Waals surface area contributed by atoms with Crippen molar-refractivity contribution in [3.8, 4) is 11.3 Å². The van der Waals surface area contributed by atoms with Gasteiger partial charge in [-0.1, -0.05) is 22.9 Å². The summed E-state index contributed by atoms with van der Waals surface area (Å²) in [6, 6.07) is 5.82. The third kappa shape index (κ3) is 4.89. The Labute approximate surface area is 236 Å². The van der Waals surface area contributed by atoms with Crippen molar-refractivity contribution in [2.24, 2.45) is 0 Å². The Morgan fingerprint density at radius 1 is 1.21 bits per heavy atom. The molecule has 39 heavy (non-hydrogen) atoms. The highest BCUT2D eigenvalue weighted by Crippen LogP contribution is 2.30. The third-order valence-electron chi connectivity index (χ3n) is 6.92. The van der Waals surface area contributed by atoms with E-state index in [2.05, 4.69) is 36.4 Å². The Kier molecular flexibility index (Phi) is 6.59. The van der Waals surface area contributed by atoms with Crippen LogP contribution < -0.4 is 0 Å². The highest BCUT2D eigenvalue weighted by Gasteiger charge is 2.28. The second kappa shape index (κ2) is 10.1. The number of carbonyl (C=O) groups excluding carboxylic acids is 1. The topological polar surface area (TPSA) is 99.8 Å². The predicted octanol–water partition coefficient (Wildman–Crippen LogP) is 5.11. The number of carbonyl (C=O) groups is 1. The van der Waals surface area contributed by atoms with Gasteiger partial charge < -0.3 is 9.32 Å². The molecule has 0 N–H and O–H groups in total. The summed E-state index contributed by atoms with van der Waals surface area (Å²) in [7, 11) is 0. The molecular weight excluding hydrogens is 591 g/mol. The first-order chi connectivity index (χ1) is 18.8. The number of furan rings is 1. The molecule has 1 aromatic carbocycles. The average molecular weight is 614 g/mol. The van der Waals surface area contributed by atoms with Gasteiger partial charge in [0.25, 0.3) is 5.91 Å². The second-order valence-corrected chi connectivity index (χ2v) is 10.8. The average Bonchev–Trinajstić information content (AvgIpc) is 3.70. The standard InChI is InChI=1S/C26H23BrClFN8O2/c1-15(20-4-3-19(29)8-22(20)28)37-13-23(32-33-37)21-10-31-36-6-5-34(14-24(21)36)26(38)25-7-17(16(2)39-25)11-35-12-18(27)9-30-35/h3-4,7-10,12-13,15H,5-6,11,14H2,1-2H3/t15-/m0/s1. The van der Waals surface area contributed by atoms with E-state index in [4.69, 9.17) is 16.0 Å². The number of aromatic nitrogens is 7. The molecule has 5 aromatic rings. The van der Waals surface area contributed by atoms with E-state index < -0.39 is 5.82 Å². The molecule has 6 rings (SSSR count). The summed E-state index contributed by atoms with van der Waals surface area (Å²) in [6.45, 7) is 5.66. The van der Waals surface area contributed by atoms with Crippen molar-refractivity contribution in [1.29, 1.82) is 0 Å². The zero-order chi connectivity index (χ0) is 27.3. The maximum absolute atomic E-state index is 13.5. The molecule has 1 atom stereocenters. The molecule has 10 nitrogen and oxygen atoms in total. The lowest BCUT2D eigenvalue weighted by Crippen LogP contribution is -2.38. The van der Waals surface area contributed by atoms with Crippen LogP contribution in [0, 0.1) is 12.7 Å². The molecule has 0 aliphatic carbocycles. The number of aryl methyl sites for hydroxylation is 1. The lowest BCUT2D eigenvalue weighted by Gasteiger charge is -2.27. The van der Waals surface area contributed by atoms with Crippen LogP contribution in [-0.4, -0.2) is 51.9 Å². The molecule has 5 heterocycles. The molecule has 1 amide bonds. The smallest absolute Gasteiger partial charge is 0.289 e. The highest BCUT2D eigenvalue weighted by molar-refractivity contribution is 9.10. The van der Waals surface area contributed by atoms with Crippen LogP contribution >= 0.6 is 27.5 Å². The van der Waals surface area contributed by atoms with Crippen LogP contribution in [0.15, 0.2) is 57.9 Å². The minimum atomic E-state index is -0.395. The van der Waals surface area contributed by atoms with Gasteiger partial charge in [0.15, 0.2) is 5.76 Å². The number of hydrogen-bond donors (Lipinski definition) is 0. The molecule has 1 aliphatic rings. The second-order valence-electron chi connectivity index (χ2n) is 9.43. The molecule has 0 saturated carbocycles. The predicted molar refractivity (Wildman–Crippen MR) is 144 cm³/mol. The fourth-order valence-corrected chi connectivity index (χ4v) is 5.40. The van der Waals surface area contributed by atoms with Gasteiger partial charge in [-0.05, 0) is 53.5 Å². The maximum Gasteiger partial charge on any atom is 0.289 e. The quantitative estimate of drug-likeness (QED) is 0.264. The monoisotopic (exact) mass is 612 g/mol. The first kappa shape index (κ1) is 25.5. The summed E-state index contributed by atoms with van der Waals surface area (Å²) < 4.78 is 25.6. The summed E-state index contributed by atoms with van der Waals surface area (Å²) in [5.41, 5.74) is 3.90. The van der Waals surface area contributed by atoms with E-state index in [-0.39, 0.29) is 11.9 Å². The van der Waals surface area contributed by atoms with Crippen LogP contribution in [-0.2, 0) is 19.6 Å². The SMILES string of the molecule is Cc1oc(C(=O)N2CCn3ncc(-c4cn([C@@H](C)c5ccc(F)cc5Cl)nn4)c3C2)cc1Cn1cc(Br)cn1. The van der Waals surface area contributed by atoms with Crippen LogP contribution in [0.5, 0.6) is 0 Å². The molecule has 0 unspecified atom stereocenters. The molecule has 4 aromatic heterocycles. The molecule has 13 heteroatoms. The third-order valence-corrected chi connectivity index (χ3v) is 7.66. The van der Waals surface area contributed by atoms with Gasteiger partial charge in [-0.3, -0.25) is 14.2 Å². The number of amides is 1. The van der Waals surface area contributed by atoms with Gasteiger partial charge in [0.2, 0.25) is 0 Å². The molecule has 200 valence electrons. The highest BCUT2D eigenvalue weighted by atomic mass is 79.9. The Morgan fingerprint density at radius 2 is 2.05 bits per heavy atom. The summed E-state index contributed by atoms with van der Waals surface area (Å²) >= 11 is 9.66. The minimum Gasteiger partial charge on any atom is -0.456 e. The molecule has 0 saturated heterocycles. The summed E-state index contributed by atoms with van der Waals surface area (Å²) in [5, 5.41) is 17.7. The number of nitrogens with zero attached hydrogens (tertiary/aromatic N) is 8. The van der Waals surface area contributed by atoms with E-state index in [1.54, 1.807) is 45.0 Å². The van der Waals surface area contributed by atoms with Crippen molar-refractivity contribution in [1.82, 2.24) is 39.5 Å². The van der Waals surface area contributed by atoms with Crippen molar-refractivity contribution in [2.75, 3.05) is 6.54 Å². The van der Waals surface area contributed by atoms with E-state index in [9.17, 15) is 9.18 Å². The molecule has 1 aliphatic heterocycles. The molecule has 0 fully saturated rings. The van der Waals surface area contributed by atoms with Gasteiger partial charge in [0.05, 0.1) is 54.4 Å². The number of halogens is 3. The van der Waals surface area contributed by atoms with Crippen molar-refractivity contribution >= 4 is 33.4 Å². The minimum absolute atomic E-state index is 0.187. The normalized spacial score (nSPS) is 14.0. The van der Waals surface area contributed by atoms with Crippen LogP contribution in [0.2, 0.25) is 5.02 Å². The van der Waals surface area contributed by atoms with E-state index >= 15 is 0 Å². The van der Waals surface area contributed by atoms with Gasteiger partial charge in [0, 0.05) is 28.9 Å². The number of hydrogen-bond acceptors (Lipinski definition) is 6. The largest absolute Gasteiger partial charge is 0.456 e. The first-order valence-electron chi connectivity index (χ1n) is 12.2. The maximum atomic E-state index is 13.5. The van der Waals surface area contributed by atoms with Crippen molar-refractivity contribution in [3.05, 3.63) is 92.7 Å². The number of fused-ring (bicyclic) bond motifs is 1. The van der Waals surface area contributed by atoms with Crippen LogP contribution in [0.1, 0.15) is 46.1 Å².